The maximum absolute atomic E-state index is 8.39. The molecule has 0 fully saturated rings. The van der Waals surface area contributed by atoms with Gasteiger partial charge in [-0.1, -0.05) is 16.7 Å². The molecule has 1 aliphatic heterocycles. The Morgan fingerprint density at radius 2 is 2.44 bits per heavy atom. The van der Waals surface area contributed by atoms with Crippen molar-refractivity contribution in [1.29, 1.82) is 0 Å². The topological polar surface area (TPSA) is 103 Å². The number of hydrogen-bond donors (Lipinski definition) is 2. The molecule has 1 aliphatic rings. The number of nitrogens with one attached hydrogen (secondary N) is 1. The van der Waals surface area contributed by atoms with Crippen molar-refractivity contribution in [2.24, 2.45) is 10.8 Å². The molecule has 0 radical (unpaired) electrons. The number of halogens is 2. The molecule has 9 heteroatoms. The molecular weight excluding hydrogens is 322 g/mol. The van der Waals surface area contributed by atoms with E-state index in [4.69, 9.17) is 22.9 Å². The van der Waals surface area contributed by atoms with Crippen LogP contribution in [0, 0.1) is 0 Å². The van der Waals surface area contributed by atoms with Crippen molar-refractivity contribution < 1.29 is 21.6 Å². The lowest BCUT2D eigenvalue weighted by Crippen LogP contribution is -3.00. The number of rotatable bonds is 3. The summed E-state index contributed by atoms with van der Waals surface area (Å²) in [6.07, 6.45) is 1.64. The van der Waals surface area contributed by atoms with Gasteiger partial charge in [0.2, 0.25) is 0 Å². The van der Waals surface area contributed by atoms with Crippen molar-refractivity contribution in [3.05, 3.63) is 33.4 Å². The first kappa shape index (κ1) is 14.6. The van der Waals surface area contributed by atoms with E-state index in [-0.39, 0.29) is 22.1 Å². The first-order valence-electron chi connectivity index (χ1n) is 5.01. The molecule has 0 unspecified atom stereocenters. The number of nitrogens with zero attached hydrogens (tertiary/aromatic N) is 5. The molecule has 2 rings (SSSR count). The third-order valence-corrected chi connectivity index (χ3v) is 2.72. The van der Waals surface area contributed by atoms with Crippen molar-refractivity contribution in [1.82, 2.24) is 10.3 Å². The van der Waals surface area contributed by atoms with Crippen molar-refractivity contribution in [3.63, 3.8) is 0 Å². The summed E-state index contributed by atoms with van der Waals surface area (Å²) in [5, 5.41) is 6.70. The van der Waals surface area contributed by atoms with Gasteiger partial charge in [-0.25, -0.2) is 4.98 Å². The van der Waals surface area contributed by atoms with Gasteiger partial charge in [0.15, 0.2) is 0 Å². The molecule has 0 spiro atoms. The Bertz CT molecular complexity index is 524. The van der Waals surface area contributed by atoms with Crippen LogP contribution in [0.5, 0.6) is 0 Å². The molecule has 7 nitrogen and oxygen atoms in total. The van der Waals surface area contributed by atoms with E-state index in [0.717, 1.165) is 18.7 Å². The fraction of sp³-hybridized carbons (Fsp3) is 0.333. The Morgan fingerprint density at radius 1 is 1.67 bits per heavy atom. The first-order chi connectivity index (χ1) is 8.20. The highest BCUT2D eigenvalue weighted by molar-refractivity contribution is 6.31. The average molecular weight is 333 g/mol. The van der Waals surface area contributed by atoms with Gasteiger partial charge in [0.05, 0.1) is 25.3 Å². The van der Waals surface area contributed by atoms with Crippen LogP contribution < -0.4 is 28.0 Å². The molecule has 0 saturated carbocycles. The Hall–Kier alpha value is -1.50. The average Bonchev–Trinajstić information content (AvgIpc) is 2.70. The zero-order valence-electron chi connectivity index (χ0n) is 9.35. The maximum Gasteiger partial charge on any atom is 0.343 e. The fourth-order valence-electron chi connectivity index (χ4n) is 1.62. The van der Waals surface area contributed by atoms with Gasteiger partial charge in [-0.3, -0.25) is 15.6 Å². The zero-order chi connectivity index (χ0) is 12.3. The van der Waals surface area contributed by atoms with Crippen LogP contribution >= 0.6 is 11.6 Å². The highest BCUT2D eigenvalue weighted by atomic mass is 79.9. The molecule has 1 aromatic rings. The standard InChI is InChI=1S/C9H10ClN7.BrH/c10-8-7(15-16-12)3-6(4-14-8)5-17-2-1-13-9(17)11;/h3-4H,1-2,5H2,(H2,11,13);1H. The van der Waals surface area contributed by atoms with E-state index in [0.29, 0.717) is 18.2 Å². The maximum atomic E-state index is 8.39. The van der Waals surface area contributed by atoms with Crippen LogP contribution in [-0.2, 0) is 6.54 Å². The fourth-order valence-corrected chi connectivity index (χ4v) is 1.76. The number of guanidine groups is 1. The Labute approximate surface area is 119 Å². The third-order valence-electron chi connectivity index (χ3n) is 2.43. The Balaban J connectivity index is 0.00000162. The summed E-state index contributed by atoms with van der Waals surface area (Å²) in [4.78, 5) is 6.67. The van der Waals surface area contributed by atoms with E-state index in [1.54, 1.807) is 12.3 Å². The molecular formula is C9H11BrClN7. The summed E-state index contributed by atoms with van der Waals surface area (Å²) in [6.45, 7) is 2.28. The summed E-state index contributed by atoms with van der Waals surface area (Å²) in [5.74, 6) is 0.644. The van der Waals surface area contributed by atoms with Gasteiger partial charge in [0.25, 0.3) is 0 Å². The molecule has 96 valence electrons. The van der Waals surface area contributed by atoms with Gasteiger partial charge in [0, 0.05) is 16.7 Å². The summed E-state index contributed by atoms with van der Waals surface area (Å²) in [6, 6.07) is 1.71. The lowest BCUT2D eigenvalue weighted by molar-refractivity contribution is -0.535. The summed E-state index contributed by atoms with van der Waals surface area (Å²) >= 11 is 5.79. The van der Waals surface area contributed by atoms with Gasteiger partial charge in [-0.15, -0.1) is 0 Å². The van der Waals surface area contributed by atoms with E-state index in [1.165, 1.54) is 0 Å². The minimum Gasteiger partial charge on any atom is -1.00 e. The van der Waals surface area contributed by atoms with Gasteiger partial charge in [0.1, 0.15) is 5.15 Å². The van der Waals surface area contributed by atoms with E-state index >= 15 is 0 Å². The van der Waals surface area contributed by atoms with Crippen LogP contribution in [0.3, 0.4) is 0 Å². The SMILES string of the molecule is [Br-].[N-]=[N+]=Nc1cc(C[N+]2=C(N)NCC2)cnc1Cl. The van der Waals surface area contributed by atoms with Crippen LogP contribution in [0.2, 0.25) is 5.15 Å². The molecule has 3 N–H and O–H groups in total. The van der Waals surface area contributed by atoms with Crippen molar-refractivity contribution in [2.75, 3.05) is 13.1 Å². The van der Waals surface area contributed by atoms with Crippen LogP contribution in [-0.4, -0.2) is 28.6 Å². The lowest BCUT2D eigenvalue weighted by Gasteiger charge is -2.04. The van der Waals surface area contributed by atoms with Gasteiger partial charge < -0.3 is 17.0 Å². The van der Waals surface area contributed by atoms with Crippen LogP contribution in [0.4, 0.5) is 5.69 Å². The van der Waals surface area contributed by atoms with E-state index < -0.39 is 0 Å². The van der Waals surface area contributed by atoms with Gasteiger partial charge >= 0.3 is 5.96 Å². The molecule has 0 aromatic carbocycles. The second-order valence-electron chi connectivity index (χ2n) is 3.58. The summed E-state index contributed by atoms with van der Waals surface area (Å²) in [5.41, 5.74) is 15.4. The summed E-state index contributed by atoms with van der Waals surface area (Å²) < 4.78 is 1.98. The van der Waals surface area contributed by atoms with Crippen LogP contribution in [0.25, 0.3) is 10.4 Å². The largest absolute Gasteiger partial charge is 1.00 e. The smallest absolute Gasteiger partial charge is 0.343 e. The number of nitrogens with two attached hydrogens (primary N) is 1. The predicted molar refractivity (Wildman–Crippen MR) is 64.1 cm³/mol. The minimum atomic E-state index is 0. The predicted octanol–water partition coefficient (Wildman–Crippen LogP) is -1.89. The van der Waals surface area contributed by atoms with E-state index in [1.807, 2.05) is 4.58 Å². The van der Waals surface area contributed by atoms with Crippen molar-refractivity contribution in [3.8, 4) is 0 Å². The molecule has 0 atom stereocenters. The van der Waals surface area contributed by atoms with Gasteiger partial charge in [-0.2, -0.15) is 0 Å². The lowest BCUT2D eigenvalue weighted by atomic mass is 10.2. The van der Waals surface area contributed by atoms with Crippen LogP contribution in [0.15, 0.2) is 17.4 Å². The monoisotopic (exact) mass is 331 g/mol. The Morgan fingerprint density at radius 3 is 3.06 bits per heavy atom. The quantitative estimate of drug-likeness (QED) is 0.222. The highest BCUT2D eigenvalue weighted by Gasteiger charge is 2.16. The van der Waals surface area contributed by atoms with E-state index in [2.05, 4.69) is 20.3 Å². The molecule has 0 aliphatic carbocycles. The molecule has 0 amide bonds. The molecule has 1 aromatic heterocycles. The summed E-state index contributed by atoms with van der Waals surface area (Å²) in [7, 11) is 0. The van der Waals surface area contributed by atoms with Crippen molar-refractivity contribution in [2.45, 2.75) is 6.54 Å². The minimum absolute atomic E-state index is 0. The first-order valence-corrected chi connectivity index (χ1v) is 5.39. The molecule has 0 bridgehead atoms. The van der Waals surface area contributed by atoms with Gasteiger partial charge in [-0.05, 0) is 11.6 Å². The number of hydrogen-bond acceptors (Lipinski definition) is 4. The highest BCUT2D eigenvalue weighted by Crippen LogP contribution is 2.23. The third kappa shape index (κ3) is 3.25. The Kier molecular flexibility index (Phi) is 5.21. The molecule has 0 saturated heterocycles. The van der Waals surface area contributed by atoms with Crippen molar-refractivity contribution >= 4 is 23.2 Å². The zero-order valence-corrected chi connectivity index (χ0v) is 11.7. The number of azide groups is 1. The van der Waals surface area contributed by atoms with Crippen LogP contribution in [0.1, 0.15) is 5.56 Å². The molecule has 2 heterocycles. The number of pyridine rings is 1. The normalized spacial score (nSPS) is 13.6. The second kappa shape index (κ2) is 6.44. The number of aromatic nitrogens is 1. The second-order valence-corrected chi connectivity index (χ2v) is 3.93. The molecule has 18 heavy (non-hydrogen) atoms. The van der Waals surface area contributed by atoms with E-state index in [9.17, 15) is 0 Å².